The highest BCUT2D eigenvalue weighted by Gasteiger charge is 2.13. The Hall–Kier alpha value is -2.58. The molecule has 0 spiro atoms. The fourth-order valence-electron chi connectivity index (χ4n) is 1.84. The number of nitrogens with zero attached hydrogens (tertiary/aromatic N) is 1. The van der Waals surface area contributed by atoms with Gasteiger partial charge in [0.2, 0.25) is 5.91 Å². The molecule has 0 radical (unpaired) electrons. The van der Waals surface area contributed by atoms with Gasteiger partial charge in [0, 0.05) is 17.5 Å². The lowest BCUT2D eigenvalue weighted by molar-refractivity contribution is -0.147. The molecule has 0 aliphatic carbocycles. The summed E-state index contributed by atoms with van der Waals surface area (Å²) in [6.45, 7) is 1.18. The van der Waals surface area contributed by atoms with Gasteiger partial charge in [-0.15, -0.1) is 0 Å². The van der Waals surface area contributed by atoms with Crippen molar-refractivity contribution in [2.24, 2.45) is 0 Å². The molecule has 1 aromatic carbocycles. The van der Waals surface area contributed by atoms with Crippen LogP contribution in [0, 0.1) is 6.92 Å². The van der Waals surface area contributed by atoms with E-state index in [1.165, 1.54) is 12.1 Å². The third-order valence-corrected chi connectivity index (χ3v) is 3.58. The van der Waals surface area contributed by atoms with Gasteiger partial charge in [-0.05, 0) is 25.1 Å². The summed E-state index contributed by atoms with van der Waals surface area (Å²) in [5, 5.41) is 9.26. The van der Waals surface area contributed by atoms with E-state index in [9.17, 15) is 14.4 Å². The highest BCUT2D eigenvalue weighted by Crippen LogP contribution is 2.25. The van der Waals surface area contributed by atoms with Crippen LogP contribution in [-0.2, 0) is 19.1 Å². The lowest BCUT2D eigenvalue weighted by atomic mass is 10.2. The van der Waals surface area contributed by atoms with Gasteiger partial charge in [0.25, 0.3) is 5.91 Å². The van der Waals surface area contributed by atoms with Crippen LogP contribution < -0.4 is 10.6 Å². The summed E-state index contributed by atoms with van der Waals surface area (Å²) in [6, 6.07) is 6.15. The molecule has 8 nitrogen and oxygen atoms in total. The largest absolute Gasteiger partial charge is 0.456 e. The van der Waals surface area contributed by atoms with Crippen LogP contribution in [0.1, 0.15) is 18.6 Å². The number of hydrogen-bond acceptors (Lipinski definition) is 6. The molecule has 2 aromatic rings. The minimum absolute atomic E-state index is 0.133. The first-order chi connectivity index (χ1) is 12.3. The Bertz CT molecular complexity index is 822. The number of carbonyl (C=O) groups excluding carboxylic acids is 3. The van der Waals surface area contributed by atoms with Crippen LogP contribution in [0.3, 0.4) is 0 Å². The Morgan fingerprint density at radius 1 is 1.12 bits per heavy atom. The number of esters is 1. The van der Waals surface area contributed by atoms with Crippen LogP contribution in [-0.4, -0.2) is 29.5 Å². The summed E-state index contributed by atoms with van der Waals surface area (Å²) in [5.74, 6) is -0.941. The summed E-state index contributed by atoms with van der Waals surface area (Å²) < 4.78 is 9.58. The molecular weight excluding hydrogens is 385 g/mol. The van der Waals surface area contributed by atoms with Gasteiger partial charge >= 0.3 is 5.97 Å². The molecule has 10 heteroatoms. The second-order valence-corrected chi connectivity index (χ2v) is 6.05. The highest BCUT2D eigenvalue weighted by atomic mass is 35.5. The van der Waals surface area contributed by atoms with Crippen molar-refractivity contribution in [3.05, 3.63) is 40.1 Å². The van der Waals surface area contributed by atoms with Crippen molar-refractivity contribution in [1.29, 1.82) is 0 Å². The SMILES string of the molecule is Cc1cc(NC(=O)COC(=O)CCC(=O)Nc2cc(Cl)ccc2Cl)no1. The average Bonchev–Trinajstić information content (AvgIpc) is 2.99. The van der Waals surface area contributed by atoms with E-state index >= 15 is 0 Å². The zero-order chi connectivity index (χ0) is 19.1. The monoisotopic (exact) mass is 399 g/mol. The van der Waals surface area contributed by atoms with E-state index in [4.69, 9.17) is 32.5 Å². The van der Waals surface area contributed by atoms with Gasteiger partial charge < -0.3 is 19.9 Å². The molecule has 0 bridgehead atoms. The van der Waals surface area contributed by atoms with Gasteiger partial charge in [0.05, 0.1) is 17.1 Å². The van der Waals surface area contributed by atoms with Crippen molar-refractivity contribution in [2.45, 2.75) is 19.8 Å². The molecule has 1 heterocycles. The van der Waals surface area contributed by atoms with Crippen molar-refractivity contribution in [3.63, 3.8) is 0 Å². The van der Waals surface area contributed by atoms with Crippen LogP contribution in [0.15, 0.2) is 28.8 Å². The first kappa shape index (κ1) is 19.7. The molecule has 0 fully saturated rings. The number of benzene rings is 1. The second-order valence-electron chi connectivity index (χ2n) is 5.20. The van der Waals surface area contributed by atoms with Gasteiger partial charge in [-0.3, -0.25) is 14.4 Å². The number of rotatable bonds is 7. The number of anilines is 2. The number of carbonyl (C=O) groups is 3. The Morgan fingerprint density at radius 2 is 1.88 bits per heavy atom. The summed E-state index contributed by atoms with van der Waals surface area (Å²) >= 11 is 11.8. The summed E-state index contributed by atoms with van der Waals surface area (Å²) in [4.78, 5) is 35.1. The molecule has 0 unspecified atom stereocenters. The van der Waals surface area contributed by atoms with Crippen molar-refractivity contribution < 1.29 is 23.6 Å². The minimum Gasteiger partial charge on any atom is -0.456 e. The van der Waals surface area contributed by atoms with Crippen molar-refractivity contribution in [2.75, 3.05) is 17.2 Å². The Balaban J connectivity index is 1.70. The molecule has 138 valence electrons. The molecule has 1 aromatic heterocycles. The van der Waals surface area contributed by atoms with Crippen LogP contribution in [0.5, 0.6) is 0 Å². The molecule has 2 N–H and O–H groups in total. The molecule has 26 heavy (non-hydrogen) atoms. The zero-order valence-electron chi connectivity index (χ0n) is 13.7. The van der Waals surface area contributed by atoms with Crippen molar-refractivity contribution >= 4 is 52.5 Å². The molecule has 0 saturated heterocycles. The van der Waals surface area contributed by atoms with Crippen LogP contribution in [0.4, 0.5) is 11.5 Å². The number of nitrogens with one attached hydrogen (secondary N) is 2. The van der Waals surface area contributed by atoms with Crippen LogP contribution >= 0.6 is 23.2 Å². The van der Waals surface area contributed by atoms with E-state index in [1.54, 1.807) is 19.1 Å². The first-order valence-corrected chi connectivity index (χ1v) is 8.23. The van der Waals surface area contributed by atoms with E-state index in [-0.39, 0.29) is 18.7 Å². The maximum atomic E-state index is 11.8. The first-order valence-electron chi connectivity index (χ1n) is 7.47. The van der Waals surface area contributed by atoms with Gasteiger partial charge in [-0.2, -0.15) is 0 Å². The smallest absolute Gasteiger partial charge is 0.306 e. The summed E-state index contributed by atoms with van der Waals surface area (Å²) in [5.41, 5.74) is 0.347. The van der Waals surface area contributed by atoms with Gasteiger partial charge in [0.1, 0.15) is 5.76 Å². The molecule has 0 atom stereocenters. The van der Waals surface area contributed by atoms with Crippen molar-refractivity contribution in [3.8, 4) is 0 Å². The molecule has 0 saturated carbocycles. The van der Waals surface area contributed by atoms with E-state index < -0.39 is 24.4 Å². The third kappa shape index (κ3) is 6.38. The molecule has 2 rings (SSSR count). The van der Waals surface area contributed by atoms with Crippen LogP contribution in [0.25, 0.3) is 0 Å². The maximum Gasteiger partial charge on any atom is 0.306 e. The quantitative estimate of drug-likeness (QED) is 0.691. The van der Waals surface area contributed by atoms with E-state index in [1.807, 2.05) is 0 Å². The number of ether oxygens (including phenoxy) is 1. The second kappa shape index (κ2) is 9.21. The lowest BCUT2D eigenvalue weighted by Crippen LogP contribution is -2.22. The fourth-order valence-corrected chi connectivity index (χ4v) is 2.18. The lowest BCUT2D eigenvalue weighted by Gasteiger charge is -2.08. The number of amides is 2. The Morgan fingerprint density at radius 3 is 2.58 bits per heavy atom. The summed E-state index contributed by atoms with van der Waals surface area (Å²) in [6.07, 6.45) is -0.327. The highest BCUT2D eigenvalue weighted by molar-refractivity contribution is 6.35. The normalized spacial score (nSPS) is 10.3. The predicted octanol–water partition coefficient (Wildman–Crippen LogP) is 3.19. The number of aromatic nitrogens is 1. The molecular formula is C16H15Cl2N3O5. The topological polar surface area (TPSA) is 111 Å². The van der Waals surface area contributed by atoms with E-state index in [0.717, 1.165) is 0 Å². The molecule has 0 aliphatic heterocycles. The van der Waals surface area contributed by atoms with Crippen LogP contribution in [0.2, 0.25) is 10.0 Å². The Kier molecular flexibility index (Phi) is 6.99. The zero-order valence-corrected chi connectivity index (χ0v) is 15.2. The van der Waals surface area contributed by atoms with E-state index in [0.29, 0.717) is 21.5 Å². The maximum absolute atomic E-state index is 11.8. The van der Waals surface area contributed by atoms with Gasteiger partial charge in [-0.25, -0.2) is 0 Å². The third-order valence-electron chi connectivity index (χ3n) is 3.02. The molecule has 2 amide bonds. The van der Waals surface area contributed by atoms with Crippen molar-refractivity contribution in [1.82, 2.24) is 5.16 Å². The van der Waals surface area contributed by atoms with Gasteiger partial charge in [-0.1, -0.05) is 28.4 Å². The summed E-state index contributed by atoms with van der Waals surface area (Å²) in [7, 11) is 0. The number of hydrogen-bond donors (Lipinski definition) is 2. The fraction of sp³-hybridized carbons (Fsp3) is 0.250. The Labute approximate surface area is 158 Å². The minimum atomic E-state index is -0.691. The standard InChI is InChI=1S/C16H15Cl2N3O5/c1-9-6-13(21-26-9)20-15(23)8-25-16(24)5-4-14(22)19-12-7-10(17)2-3-11(12)18/h2-3,6-7H,4-5,8H2,1H3,(H,19,22)(H,20,21,23). The predicted molar refractivity (Wildman–Crippen MR) is 95.2 cm³/mol. The van der Waals surface area contributed by atoms with E-state index in [2.05, 4.69) is 15.8 Å². The average molecular weight is 400 g/mol. The number of halogens is 2. The molecule has 0 aliphatic rings. The number of aryl methyl sites for hydroxylation is 1. The van der Waals surface area contributed by atoms with Gasteiger partial charge in [0.15, 0.2) is 12.4 Å².